The lowest BCUT2D eigenvalue weighted by atomic mass is 9.94. The monoisotopic (exact) mass is 196 g/mol. The van der Waals surface area contributed by atoms with Crippen molar-refractivity contribution in [3.8, 4) is 0 Å². The van der Waals surface area contributed by atoms with Gasteiger partial charge in [-0.2, -0.15) is 0 Å². The van der Waals surface area contributed by atoms with Crippen molar-refractivity contribution in [2.24, 2.45) is 11.8 Å². The van der Waals surface area contributed by atoms with E-state index in [9.17, 15) is 4.79 Å². The maximum atomic E-state index is 11.8. The summed E-state index contributed by atoms with van der Waals surface area (Å²) in [6, 6.07) is 0.596. The minimum absolute atomic E-state index is 0.383. The number of likely N-dealkylation sites (tertiary alicyclic amines) is 1. The first-order valence-electron chi connectivity index (χ1n) is 5.68. The smallest absolute Gasteiger partial charge is 0.225 e. The Bertz CT molecular complexity index is 225. The summed E-state index contributed by atoms with van der Waals surface area (Å²) in [5.41, 5.74) is 0. The van der Waals surface area contributed by atoms with Crippen molar-refractivity contribution in [2.75, 3.05) is 20.1 Å². The fraction of sp³-hybridized carbons (Fsp3) is 0.909. The maximum absolute atomic E-state index is 11.8. The second-order valence-electron chi connectivity index (χ2n) is 4.72. The van der Waals surface area contributed by atoms with E-state index in [0.29, 0.717) is 23.8 Å². The lowest BCUT2D eigenvalue weighted by Gasteiger charge is -2.36. The number of nitrogens with one attached hydrogen (secondary N) is 1. The van der Waals surface area contributed by atoms with Crippen molar-refractivity contribution in [1.82, 2.24) is 10.2 Å². The lowest BCUT2D eigenvalue weighted by molar-refractivity contribution is -0.134. The number of amides is 1. The molecule has 1 aliphatic heterocycles. The highest BCUT2D eigenvalue weighted by Gasteiger charge is 2.36. The normalized spacial score (nSPS) is 33.1. The number of carbonyl (C=O) groups excluding carboxylic acids is 1. The molecule has 2 fully saturated rings. The molecule has 3 nitrogen and oxygen atoms in total. The Hall–Kier alpha value is -0.570. The van der Waals surface area contributed by atoms with Gasteiger partial charge < -0.3 is 10.2 Å². The van der Waals surface area contributed by atoms with Crippen molar-refractivity contribution in [3.05, 3.63) is 0 Å². The van der Waals surface area contributed by atoms with E-state index < -0.39 is 0 Å². The summed E-state index contributed by atoms with van der Waals surface area (Å²) in [4.78, 5) is 13.9. The zero-order valence-electron chi connectivity index (χ0n) is 9.12. The van der Waals surface area contributed by atoms with Crippen molar-refractivity contribution in [3.63, 3.8) is 0 Å². The summed E-state index contributed by atoms with van der Waals surface area (Å²) in [6.45, 7) is 4.12. The van der Waals surface area contributed by atoms with Gasteiger partial charge in [0.1, 0.15) is 0 Å². The molecule has 80 valence electrons. The van der Waals surface area contributed by atoms with Gasteiger partial charge in [0.05, 0.1) is 0 Å². The number of nitrogens with zero attached hydrogens (tertiary/aromatic N) is 1. The Balaban J connectivity index is 1.88. The first-order chi connectivity index (χ1) is 6.72. The van der Waals surface area contributed by atoms with Gasteiger partial charge in [-0.25, -0.2) is 0 Å². The number of hydrogen-bond acceptors (Lipinski definition) is 2. The SMILES string of the molecule is CNC1CCN(C(=O)C2CC2)CC1C. The summed E-state index contributed by atoms with van der Waals surface area (Å²) in [6.07, 6.45) is 3.36. The van der Waals surface area contributed by atoms with Crippen LogP contribution in [0.3, 0.4) is 0 Å². The summed E-state index contributed by atoms with van der Waals surface area (Å²) in [5.74, 6) is 1.39. The van der Waals surface area contributed by atoms with Crippen LogP contribution in [0.15, 0.2) is 0 Å². The molecular formula is C11H20N2O. The zero-order valence-corrected chi connectivity index (χ0v) is 9.12. The van der Waals surface area contributed by atoms with Crippen LogP contribution in [0.4, 0.5) is 0 Å². The van der Waals surface area contributed by atoms with Crippen LogP contribution in [-0.4, -0.2) is 37.0 Å². The Morgan fingerprint density at radius 3 is 2.57 bits per heavy atom. The average molecular weight is 196 g/mol. The highest BCUT2D eigenvalue weighted by Crippen LogP contribution is 2.32. The van der Waals surface area contributed by atoms with Crippen LogP contribution in [0.2, 0.25) is 0 Å². The fourth-order valence-electron chi connectivity index (χ4n) is 2.36. The van der Waals surface area contributed by atoms with Gasteiger partial charge in [0.25, 0.3) is 0 Å². The van der Waals surface area contributed by atoms with Gasteiger partial charge in [-0.1, -0.05) is 6.92 Å². The third kappa shape index (κ3) is 1.92. The quantitative estimate of drug-likeness (QED) is 0.710. The van der Waals surface area contributed by atoms with Crippen LogP contribution >= 0.6 is 0 Å². The van der Waals surface area contributed by atoms with Crippen LogP contribution in [0, 0.1) is 11.8 Å². The Morgan fingerprint density at radius 1 is 1.36 bits per heavy atom. The minimum Gasteiger partial charge on any atom is -0.342 e. The molecule has 0 aromatic carbocycles. The van der Waals surface area contributed by atoms with E-state index in [1.54, 1.807) is 0 Å². The van der Waals surface area contributed by atoms with Crippen molar-refractivity contribution >= 4 is 5.91 Å². The first-order valence-corrected chi connectivity index (χ1v) is 5.68. The predicted molar refractivity (Wildman–Crippen MR) is 55.9 cm³/mol. The molecule has 0 bridgehead atoms. The molecule has 1 saturated carbocycles. The van der Waals surface area contributed by atoms with E-state index in [1.807, 2.05) is 7.05 Å². The molecule has 2 aliphatic rings. The molecule has 2 rings (SSSR count). The molecule has 2 atom stereocenters. The second kappa shape index (κ2) is 3.89. The minimum atomic E-state index is 0.383. The van der Waals surface area contributed by atoms with E-state index >= 15 is 0 Å². The van der Waals surface area contributed by atoms with Gasteiger partial charge in [-0.05, 0) is 32.2 Å². The largest absolute Gasteiger partial charge is 0.342 e. The number of hydrogen-bond donors (Lipinski definition) is 1. The van der Waals surface area contributed by atoms with E-state index in [4.69, 9.17) is 0 Å². The van der Waals surface area contributed by atoms with Crippen LogP contribution in [0.1, 0.15) is 26.2 Å². The van der Waals surface area contributed by atoms with E-state index in [0.717, 1.165) is 32.4 Å². The molecule has 1 heterocycles. The average Bonchev–Trinajstić information content (AvgIpc) is 3.00. The van der Waals surface area contributed by atoms with Crippen LogP contribution in [0.25, 0.3) is 0 Å². The summed E-state index contributed by atoms with van der Waals surface area (Å²) in [5, 5.41) is 3.32. The van der Waals surface area contributed by atoms with E-state index in [1.165, 1.54) is 0 Å². The standard InChI is InChI=1S/C11H20N2O/c1-8-7-13(6-5-10(8)12-2)11(14)9-3-4-9/h8-10,12H,3-7H2,1-2H3. The fourth-order valence-corrected chi connectivity index (χ4v) is 2.36. The first kappa shape index (κ1) is 9.97. The lowest BCUT2D eigenvalue weighted by Crippen LogP contribution is -2.49. The Kier molecular flexibility index (Phi) is 2.77. The molecular weight excluding hydrogens is 176 g/mol. The summed E-state index contributed by atoms with van der Waals surface area (Å²) in [7, 11) is 2.01. The highest BCUT2D eigenvalue weighted by molar-refractivity contribution is 5.81. The third-order valence-corrected chi connectivity index (χ3v) is 3.51. The molecule has 1 amide bonds. The van der Waals surface area contributed by atoms with E-state index in [2.05, 4.69) is 17.1 Å². The van der Waals surface area contributed by atoms with Crippen LogP contribution in [-0.2, 0) is 4.79 Å². The van der Waals surface area contributed by atoms with Crippen LogP contribution in [0.5, 0.6) is 0 Å². The molecule has 1 N–H and O–H groups in total. The number of piperidine rings is 1. The molecule has 14 heavy (non-hydrogen) atoms. The molecule has 3 heteroatoms. The maximum Gasteiger partial charge on any atom is 0.225 e. The van der Waals surface area contributed by atoms with E-state index in [-0.39, 0.29) is 0 Å². The van der Waals surface area contributed by atoms with Crippen molar-refractivity contribution < 1.29 is 4.79 Å². The zero-order chi connectivity index (χ0) is 10.1. The van der Waals surface area contributed by atoms with Gasteiger partial charge in [-0.15, -0.1) is 0 Å². The predicted octanol–water partition coefficient (Wildman–Crippen LogP) is 0.853. The van der Waals surface area contributed by atoms with Gasteiger partial charge in [0.2, 0.25) is 5.91 Å². The highest BCUT2D eigenvalue weighted by atomic mass is 16.2. The van der Waals surface area contributed by atoms with Gasteiger partial charge >= 0.3 is 0 Å². The second-order valence-corrected chi connectivity index (χ2v) is 4.72. The van der Waals surface area contributed by atoms with Crippen molar-refractivity contribution in [1.29, 1.82) is 0 Å². The van der Waals surface area contributed by atoms with Crippen LogP contribution < -0.4 is 5.32 Å². The molecule has 2 unspecified atom stereocenters. The molecule has 0 spiro atoms. The Labute approximate surface area is 85.8 Å². The molecule has 0 radical (unpaired) electrons. The number of carbonyl (C=O) groups is 1. The molecule has 0 aromatic rings. The molecule has 1 saturated heterocycles. The number of rotatable bonds is 2. The summed E-state index contributed by atoms with van der Waals surface area (Å²) >= 11 is 0. The Morgan fingerprint density at radius 2 is 2.07 bits per heavy atom. The van der Waals surface area contributed by atoms with Crippen molar-refractivity contribution in [2.45, 2.75) is 32.2 Å². The summed E-state index contributed by atoms with van der Waals surface area (Å²) < 4.78 is 0. The topological polar surface area (TPSA) is 32.3 Å². The van der Waals surface area contributed by atoms with Gasteiger partial charge in [-0.3, -0.25) is 4.79 Å². The molecule has 1 aliphatic carbocycles. The van der Waals surface area contributed by atoms with Gasteiger partial charge in [0, 0.05) is 25.0 Å². The third-order valence-electron chi connectivity index (χ3n) is 3.51. The van der Waals surface area contributed by atoms with Gasteiger partial charge in [0.15, 0.2) is 0 Å². The molecule has 0 aromatic heterocycles.